The Hall–Kier alpha value is -1.38. The van der Waals surface area contributed by atoms with Crippen molar-refractivity contribution in [1.29, 1.82) is 0 Å². The summed E-state index contributed by atoms with van der Waals surface area (Å²) in [6.07, 6.45) is 0. The van der Waals surface area contributed by atoms with Crippen LogP contribution in [0.3, 0.4) is 0 Å². The molecule has 20 heavy (non-hydrogen) atoms. The molecule has 2 rings (SSSR count). The summed E-state index contributed by atoms with van der Waals surface area (Å²) in [7, 11) is 0. The molecule has 0 aromatic carbocycles. The Morgan fingerprint density at radius 1 is 1.60 bits per heavy atom. The third-order valence-electron chi connectivity index (χ3n) is 2.78. The second-order valence-electron chi connectivity index (χ2n) is 4.69. The van der Waals surface area contributed by atoms with Crippen molar-refractivity contribution in [3.8, 4) is 10.8 Å². The van der Waals surface area contributed by atoms with Gasteiger partial charge in [-0.05, 0) is 25.3 Å². The summed E-state index contributed by atoms with van der Waals surface area (Å²) in [6, 6.07) is 2.86. The van der Waals surface area contributed by atoms with Crippen LogP contribution in [0.5, 0.6) is 0 Å². The zero-order valence-corrected chi connectivity index (χ0v) is 12.7. The Kier molecular flexibility index (Phi) is 4.46. The molecule has 0 aliphatic heterocycles. The maximum absolute atomic E-state index is 10.9. The number of hydrogen-bond donors (Lipinski definition) is 2. The minimum absolute atomic E-state index is 0.423. The van der Waals surface area contributed by atoms with Gasteiger partial charge in [0.2, 0.25) is 5.89 Å². The largest absolute Gasteiger partial charge is 0.480 e. The van der Waals surface area contributed by atoms with Crippen LogP contribution in [0.2, 0.25) is 0 Å². The van der Waals surface area contributed by atoms with Crippen LogP contribution in [0.4, 0.5) is 0 Å². The fourth-order valence-corrected chi connectivity index (χ4v) is 2.98. The van der Waals surface area contributed by atoms with E-state index in [1.807, 2.05) is 17.5 Å². The lowest BCUT2D eigenvalue weighted by Gasteiger charge is -2.27. The van der Waals surface area contributed by atoms with Gasteiger partial charge in [0, 0.05) is 4.75 Å². The average molecular weight is 313 g/mol. The Labute approximate surface area is 124 Å². The van der Waals surface area contributed by atoms with Crippen molar-refractivity contribution in [2.24, 2.45) is 5.73 Å². The highest BCUT2D eigenvalue weighted by Gasteiger charge is 2.33. The minimum Gasteiger partial charge on any atom is -0.480 e. The van der Waals surface area contributed by atoms with Gasteiger partial charge in [0.05, 0.1) is 10.6 Å². The van der Waals surface area contributed by atoms with Crippen molar-refractivity contribution < 1.29 is 14.3 Å². The summed E-state index contributed by atoms with van der Waals surface area (Å²) < 4.78 is 4.92. The van der Waals surface area contributed by atoms with Gasteiger partial charge in [0.1, 0.15) is 6.04 Å². The van der Waals surface area contributed by atoms with E-state index in [0.29, 0.717) is 17.5 Å². The zero-order valence-electron chi connectivity index (χ0n) is 11.1. The van der Waals surface area contributed by atoms with Crippen LogP contribution < -0.4 is 5.73 Å². The first-order valence-corrected chi connectivity index (χ1v) is 7.75. The molecule has 0 aliphatic carbocycles. The van der Waals surface area contributed by atoms with Gasteiger partial charge in [-0.3, -0.25) is 4.79 Å². The number of carboxylic acid groups (broad SMARTS) is 1. The maximum Gasteiger partial charge on any atom is 0.321 e. The highest BCUT2D eigenvalue weighted by molar-refractivity contribution is 7.99. The monoisotopic (exact) mass is 313 g/mol. The van der Waals surface area contributed by atoms with E-state index in [0.717, 1.165) is 4.88 Å². The summed E-state index contributed by atoms with van der Waals surface area (Å²) >= 11 is 2.90. The molecule has 0 aliphatic rings. The molecule has 3 N–H and O–H groups in total. The van der Waals surface area contributed by atoms with E-state index in [-0.39, 0.29) is 0 Å². The lowest BCUT2D eigenvalue weighted by Crippen LogP contribution is -2.46. The number of thiophene rings is 1. The zero-order chi connectivity index (χ0) is 14.8. The predicted molar refractivity (Wildman–Crippen MR) is 78.6 cm³/mol. The molecule has 2 aromatic heterocycles. The van der Waals surface area contributed by atoms with Crippen LogP contribution in [0.1, 0.15) is 19.7 Å². The fraction of sp³-hybridized carbons (Fsp3) is 0.417. The topological polar surface area (TPSA) is 102 Å². The molecule has 0 saturated heterocycles. The fourth-order valence-electron chi connectivity index (χ4n) is 1.45. The average Bonchev–Trinajstić information content (AvgIpc) is 3.05. The lowest BCUT2D eigenvalue weighted by atomic mass is 10.1. The van der Waals surface area contributed by atoms with Gasteiger partial charge >= 0.3 is 5.97 Å². The summed E-state index contributed by atoms with van der Waals surface area (Å²) in [5, 5.41) is 18.8. The van der Waals surface area contributed by atoms with Crippen molar-refractivity contribution in [3.05, 3.63) is 23.4 Å². The molecule has 0 radical (unpaired) electrons. The standard InChI is InChI=1S/C12H15N3O3S2/c1-12(2,9(13)11(16)17)20-6-8-14-15-10(18-8)7-4-3-5-19-7/h3-5,9H,6,13H2,1-2H3,(H,16,17)/t9-/m1/s1. The highest BCUT2D eigenvalue weighted by atomic mass is 32.2. The second-order valence-corrected chi connectivity index (χ2v) is 7.26. The lowest BCUT2D eigenvalue weighted by molar-refractivity contribution is -0.139. The summed E-state index contributed by atoms with van der Waals surface area (Å²) in [4.78, 5) is 11.8. The number of nitrogens with two attached hydrogens (primary N) is 1. The van der Waals surface area contributed by atoms with Crippen molar-refractivity contribution in [1.82, 2.24) is 10.2 Å². The first-order valence-electron chi connectivity index (χ1n) is 5.89. The number of hydrogen-bond acceptors (Lipinski definition) is 7. The molecule has 2 aromatic rings. The number of aliphatic carboxylic acids is 1. The van der Waals surface area contributed by atoms with E-state index in [9.17, 15) is 4.79 Å². The molecule has 2 heterocycles. The molecule has 0 unspecified atom stereocenters. The summed E-state index contributed by atoms with van der Waals surface area (Å²) in [5.74, 6) is 0.346. The summed E-state index contributed by atoms with van der Waals surface area (Å²) in [6.45, 7) is 3.57. The van der Waals surface area contributed by atoms with Gasteiger partial charge in [0.15, 0.2) is 0 Å². The number of aromatic nitrogens is 2. The SMILES string of the molecule is CC(C)(SCc1nnc(-c2cccs2)o1)[C@H](N)C(=O)O. The first kappa shape index (κ1) is 15.0. The highest BCUT2D eigenvalue weighted by Crippen LogP contribution is 2.31. The van der Waals surface area contributed by atoms with E-state index in [2.05, 4.69) is 10.2 Å². The third kappa shape index (κ3) is 3.38. The Morgan fingerprint density at radius 3 is 2.95 bits per heavy atom. The van der Waals surface area contributed by atoms with Gasteiger partial charge in [-0.15, -0.1) is 33.3 Å². The van der Waals surface area contributed by atoms with Crippen molar-refractivity contribution in [2.75, 3.05) is 0 Å². The van der Waals surface area contributed by atoms with Crippen LogP contribution in [-0.4, -0.2) is 32.1 Å². The van der Waals surface area contributed by atoms with E-state index in [1.54, 1.807) is 13.8 Å². The summed E-state index contributed by atoms with van der Waals surface area (Å²) in [5.41, 5.74) is 5.66. The molecule has 6 nitrogen and oxygen atoms in total. The number of thioether (sulfide) groups is 1. The first-order chi connectivity index (χ1) is 9.40. The maximum atomic E-state index is 10.9. The van der Waals surface area contributed by atoms with Crippen LogP contribution in [0.25, 0.3) is 10.8 Å². The van der Waals surface area contributed by atoms with Crippen LogP contribution in [0, 0.1) is 0 Å². The molecule has 8 heteroatoms. The van der Waals surface area contributed by atoms with E-state index < -0.39 is 16.8 Å². The number of nitrogens with zero attached hydrogens (tertiary/aromatic N) is 2. The second kappa shape index (κ2) is 5.94. The Bertz CT molecular complexity index is 581. The predicted octanol–water partition coefficient (Wildman–Crippen LogP) is 2.22. The van der Waals surface area contributed by atoms with Gasteiger partial charge in [-0.25, -0.2) is 0 Å². The van der Waals surface area contributed by atoms with E-state index in [1.165, 1.54) is 23.1 Å². The van der Waals surface area contributed by atoms with Gasteiger partial charge in [0.25, 0.3) is 5.89 Å². The molecule has 0 spiro atoms. The normalized spacial score (nSPS) is 13.3. The molecule has 108 valence electrons. The van der Waals surface area contributed by atoms with Crippen LogP contribution in [0.15, 0.2) is 21.9 Å². The van der Waals surface area contributed by atoms with Crippen LogP contribution in [-0.2, 0) is 10.5 Å². The van der Waals surface area contributed by atoms with Crippen molar-refractivity contribution in [3.63, 3.8) is 0 Å². The number of carboxylic acids is 1. The van der Waals surface area contributed by atoms with Gasteiger partial charge in [-0.1, -0.05) is 6.07 Å². The molecule has 1 atom stereocenters. The molecule has 0 amide bonds. The molecular weight excluding hydrogens is 298 g/mol. The number of carbonyl (C=O) groups is 1. The molecule has 0 fully saturated rings. The van der Waals surface area contributed by atoms with Crippen LogP contribution >= 0.6 is 23.1 Å². The van der Waals surface area contributed by atoms with Crippen molar-refractivity contribution in [2.45, 2.75) is 30.4 Å². The van der Waals surface area contributed by atoms with E-state index >= 15 is 0 Å². The quantitative estimate of drug-likeness (QED) is 0.843. The minimum atomic E-state index is -1.02. The molecule has 0 saturated carbocycles. The van der Waals surface area contributed by atoms with E-state index in [4.69, 9.17) is 15.3 Å². The number of rotatable bonds is 6. The third-order valence-corrected chi connectivity index (χ3v) is 5.03. The Balaban J connectivity index is 2.00. The van der Waals surface area contributed by atoms with Gasteiger partial charge in [-0.2, -0.15) is 0 Å². The Morgan fingerprint density at radius 2 is 2.35 bits per heavy atom. The van der Waals surface area contributed by atoms with Gasteiger partial charge < -0.3 is 15.3 Å². The molecular formula is C12H15N3O3S2. The van der Waals surface area contributed by atoms with Crippen molar-refractivity contribution >= 4 is 29.1 Å². The smallest absolute Gasteiger partial charge is 0.321 e. The molecule has 0 bridgehead atoms.